The Morgan fingerprint density at radius 3 is 2.81 bits per heavy atom. The van der Waals surface area contributed by atoms with Gasteiger partial charge in [-0.2, -0.15) is 0 Å². The Morgan fingerprint density at radius 1 is 1.43 bits per heavy atom. The second-order valence-corrected chi connectivity index (χ2v) is 7.00. The lowest BCUT2D eigenvalue weighted by atomic mass is 9.90. The summed E-state index contributed by atoms with van der Waals surface area (Å²) in [7, 11) is 0. The number of halogens is 2. The molecule has 114 valence electrons. The molecule has 21 heavy (non-hydrogen) atoms. The van der Waals surface area contributed by atoms with Gasteiger partial charge in [-0.3, -0.25) is 4.79 Å². The molecule has 0 radical (unpaired) electrons. The third-order valence-electron chi connectivity index (χ3n) is 3.77. The number of carbonyl (C=O) groups is 1. The summed E-state index contributed by atoms with van der Waals surface area (Å²) in [5.41, 5.74) is 2.09. The zero-order valence-corrected chi connectivity index (χ0v) is 14.2. The van der Waals surface area contributed by atoms with Gasteiger partial charge in [0.05, 0.1) is 6.42 Å². The summed E-state index contributed by atoms with van der Waals surface area (Å²) in [5, 5.41) is 10.3. The number of carboxylic acid groups (broad SMARTS) is 1. The summed E-state index contributed by atoms with van der Waals surface area (Å²) in [6, 6.07) is 7.96. The van der Waals surface area contributed by atoms with Gasteiger partial charge in [0.25, 0.3) is 0 Å². The van der Waals surface area contributed by atoms with E-state index in [-0.39, 0.29) is 22.5 Å². The van der Waals surface area contributed by atoms with Crippen molar-refractivity contribution in [1.82, 2.24) is 4.98 Å². The van der Waals surface area contributed by atoms with Crippen LogP contribution in [0.3, 0.4) is 0 Å². The molecule has 1 aromatic heterocycles. The molecule has 0 aliphatic rings. The first-order chi connectivity index (χ1) is 10.0. The van der Waals surface area contributed by atoms with Crippen LogP contribution in [0.1, 0.15) is 37.7 Å². The Morgan fingerprint density at radius 2 is 2.14 bits per heavy atom. The highest BCUT2D eigenvalue weighted by atomic mass is 79.9. The van der Waals surface area contributed by atoms with Crippen molar-refractivity contribution in [3.8, 4) is 0 Å². The minimum absolute atomic E-state index is 0.00602. The number of para-hydroxylation sites is 1. The van der Waals surface area contributed by atoms with Crippen molar-refractivity contribution in [1.29, 1.82) is 0 Å². The first-order valence-corrected chi connectivity index (χ1v) is 8.44. The molecule has 0 saturated heterocycles. The molecule has 1 aromatic carbocycles. The summed E-state index contributed by atoms with van der Waals surface area (Å²) in [6.07, 6.45) is 3.59. The van der Waals surface area contributed by atoms with E-state index in [1.54, 1.807) is 0 Å². The molecule has 3 nitrogen and oxygen atoms in total. The van der Waals surface area contributed by atoms with E-state index in [0.717, 1.165) is 22.9 Å². The van der Waals surface area contributed by atoms with Crippen molar-refractivity contribution >= 4 is 44.4 Å². The van der Waals surface area contributed by atoms with Crippen LogP contribution in [0.4, 0.5) is 0 Å². The van der Waals surface area contributed by atoms with E-state index in [9.17, 15) is 9.90 Å². The molecular formula is C16H19BrClNO2. The molecule has 2 aromatic rings. The molecule has 0 aliphatic carbocycles. The largest absolute Gasteiger partial charge is 0.481 e. The molecule has 0 amide bonds. The molecule has 2 rings (SSSR count). The summed E-state index contributed by atoms with van der Waals surface area (Å²) >= 11 is 9.88. The van der Waals surface area contributed by atoms with E-state index in [4.69, 9.17) is 11.6 Å². The highest BCUT2D eigenvalue weighted by Gasteiger charge is 2.25. The van der Waals surface area contributed by atoms with Crippen LogP contribution in [-0.4, -0.2) is 26.3 Å². The molecule has 3 unspecified atom stereocenters. The number of alkyl halides is 2. The molecule has 5 heteroatoms. The number of benzene rings is 1. The smallest absolute Gasteiger partial charge is 0.303 e. The third kappa shape index (κ3) is 4.01. The number of aromatic nitrogens is 1. The highest BCUT2D eigenvalue weighted by Crippen LogP contribution is 2.34. The number of carboxylic acids is 1. The van der Waals surface area contributed by atoms with Crippen LogP contribution in [0.5, 0.6) is 0 Å². The van der Waals surface area contributed by atoms with Crippen molar-refractivity contribution in [3.63, 3.8) is 0 Å². The first kappa shape index (κ1) is 16.4. The van der Waals surface area contributed by atoms with Crippen molar-refractivity contribution < 1.29 is 9.90 Å². The van der Waals surface area contributed by atoms with Gasteiger partial charge in [0.1, 0.15) is 0 Å². The Hall–Kier alpha value is -1.00. The van der Waals surface area contributed by atoms with Crippen LogP contribution in [0.2, 0.25) is 0 Å². The Bertz CT molecular complexity index is 613. The standard InChI is InChI=1S/C16H19BrClNO2/c1-2-14(18)13(17)7-10(8-16(20)21)12-9-19-15-6-4-3-5-11(12)15/h3-6,9-10,13-14,19H,2,7-8H2,1H3,(H,20,21). The van der Waals surface area contributed by atoms with Gasteiger partial charge in [-0.05, 0) is 30.4 Å². The zero-order chi connectivity index (χ0) is 15.4. The second kappa shape index (κ2) is 7.32. The molecule has 0 spiro atoms. The number of hydrogen-bond acceptors (Lipinski definition) is 1. The van der Waals surface area contributed by atoms with Crippen molar-refractivity contribution in [2.24, 2.45) is 0 Å². The van der Waals surface area contributed by atoms with Gasteiger partial charge >= 0.3 is 5.97 Å². The number of rotatable bonds is 7. The molecule has 0 bridgehead atoms. The number of hydrogen-bond donors (Lipinski definition) is 2. The van der Waals surface area contributed by atoms with E-state index in [1.807, 2.05) is 37.4 Å². The fourth-order valence-corrected chi connectivity index (χ4v) is 3.57. The Kier molecular flexibility index (Phi) is 5.71. The van der Waals surface area contributed by atoms with E-state index in [0.29, 0.717) is 6.42 Å². The summed E-state index contributed by atoms with van der Waals surface area (Å²) < 4.78 is 0. The van der Waals surface area contributed by atoms with Gasteiger partial charge in [-0.15, -0.1) is 11.6 Å². The van der Waals surface area contributed by atoms with Crippen LogP contribution in [0, 0.1) is 0 Å². The van der Waals surface area contributed by atoms with Crippen LogP contribution in [0.25, 0.3) is 10.9 Å². The molecular weight excluding hydrogens is 354 g/mol. The van der Waals surface area contributed by atoms with E-state index in [1.165, 1.54) is 0 Å². The summed E-state index contributed by atoms with van der Waals surface area (Å²) in [5.74, 6) is -0.844. The third-order valence-corrected chi connectivity index (χ3v) is 5.70. The minimum Gasteiger partial charge on any atom is -0.481 e. The summed E-state index contributed by atoms with van der Waals surface area (Å²) in [4.78, 5) is 14.5. The maximum atomic E-state index is 11.2. The maximum Gasteiger partial charge on any atom is 0.303 e. The molecule has 2 N–H and O–H groups in total. The van der Waals surface area contributed by atoms with Gasteiger partial charge in [0, 0.05) is 27.3 Å². The van der Waals surface area contributed by atoms with Crippen LogP contribution in [0.15, 0.2) is 30.5 Å². The fourth-order valence-electron chi connectivity index (χ4n) is 2.64. The van der Waals surface area contributed by atoms with Gasteiger partial charge in [-0.1, -0.05) is 41.1 Å². The van der Waals surface area contributed by atoms with E-state index in [2.05, 4.69) is 20.9 Å². The van der Waals surface area contributed by atoms with Gasteiger partial charge < -0.3 is 10.1 Å². The predicted molar refractivity (Wildman–Crippen MR) is 90.6 cm³/mol. The van der Waals surface area contributed by atoms with Crippen LogP contribution in [-0.2, 0) is 4.79 Å². The van der Waals surface area contributed by atoms with Crippen molar-refractivity contribution in [2.75, 3.05) is 0 Å². The predicted octanol–water partition coefficient (Wildman–Crippen LogP) is 4.90. The van der Waals surface area contributed by atoms with Crippen LogP contribution < -0.4 is 0 Å². The first-order valence-electron chi connectivity index (χ1n) is 7.08. The molecule has 0 aliphatic heterocycles. The van der Waals surface area contributed by atoms with Crippen molar-refractivity contribution in [2.45, 2.75) is 42.3 Å². The lowest BCUT2D eigenvalue weighted by molar-refractivity contribution is -0.137. The van der Waals surface area contributed by atoms with Crippen LogP contribution >= 0.6 is 27.5 Å². The Labute approximate surface area is 137 Å². The normalized spacial score (nSPS) is 15.8. The van der Waals surface area contributed by atoms with Gasteiger partial charge in [0.2, 0.25) is 0 Å². The second-order valence-electron chi connectivity index (χ2n) is 5.26. The average molecular weight is 373 g/mol. The monoisotopic (exact) mass is 371 g/mol. The zero-order valence-electron chi connectivity index (χ0n) is 11.9. The molecule has 1 heterocycles. The van der Waals surface area contributed by atoms with Crippen molar-refractivity contribution in [3.05, 3.63) is 36.0 Å². The maximum absolute atomic E-state index is 11.2. The lowest BCUT2D eigenvalue weighted by Gasteiger charge is -2.21. The quantitative estimate of drug-likeness (QED) is 0.679. The SMILES string of the molecule is CCC(Cl)C(Br)CC(CC(=O)O)c1c[nH]c2ccccc12. The van der Waals surface area contributed by atoms with Gasteiger partial charge in [-0.25, -0.2) is 0 Å². The highest BCUT2D eigenvalue weighted by molar-refractivity contribution is 9.09. The molecule has 3 atom stereocenters. The van der Waals surface area contributed by atoms with E-state index < -0.39 is 5.97 Å². The molecule has 0 fully saturated rings. The number of aliphatic carboxylic acids is 1. The topological polar surface area (TPSA) is 53.1 Å². The summed E-state index contributed by atoms with van der Waals surface area (Å²) in [6.45, 7) is 2.03. The lowest BCUT2D eigenvalue weighted by Crippen LogP contribution is -2.18. The number of fused-ring (bicyclic) bond motifs is 1. The Balaban J connectivity index is 2.29. The number of nitrogens with one attached hydrogen (secondary N) is 1. The molecule has 0 saturated carbocycles. The fraction of sp³-hybridized carbons (Fsp3) is 0.438. The minimum atomic E-state index is -0.785. The van der Waals surface area contributed by atoms with Gasteiger partial charge in [0.15, 0.2) is 0 Å². The number of aromatic amines is 1. The average Bonchev–Trinajstić information content (AvgIpc) is 2.89. The number of H-pyrrole nitrogens is 1. The van der Waals surface area contributed by atoms with E-state index >= 15 is 0 Å².